The summed E-state index contributed by atoms with van der Waals surface area (Å²) in [6, 6.07) is 0. The average molecular weight is 98.1 g/mol. The van der Waals surface area contributed by atoms with Crippen LogP contribution in [0.3, 0.4) is 0 Å². The lowest BCUT2D eigenvalue weighted by molar-refractivity contribution is -0.107. The van der Waals surface area contributed by atoms with E-state index < -0.39 is 0 Å². The first-order chi connectivity index (χ1) is 3.41. The minimum Gasteiger partial charge on any atom is -0.303 e. The Bertz CT molecular complexity index is 90.3. The van der Waals surface area contributed by atoms with E-state index in [0.717, 1.165) is 6.29 Å². The van der Waals surface area contributed by atoms with Crippen molar-refractivity contribution in [3.63, 3.8) is 0 Å². The van der Waals surface area contributed by atoms with Gasteiger partial charge in [-0.2, -0.15) is 0 Å². The number of allylic oxidation sites excluding steroid dienone is 1. The maximum Gasteiger partial charge on any atom is 0.120 e. The van der Waals surface area contributed by atoms with Gasteiger partial charge in [0, 0.05) is 12.5 Å². The standard InChI is InChI=1S/C5H6O2/c6-4-2-1-3-5-7/h2,5H,1,3H2. The number of aldehydes is 1. The first-order valence-corrected chi connectivity index (χ1v) is 2.04. The van der Waals surface area contributed by atoms with Gasteiger partial charge in [0.2, 0.25) is 0 Å². The van der Waals surface area contributed by atoms with Crippen molar-refractivity contribution in [1.29, 1.82) is 0 Å². The van der Waals surface area contributed by atoms with E-state index >= 15 is 0 Å². The van der Waals surface area contributed by atoms with Crippen molar-refractivity contribution >= 4 is 12.2 Å². The van der Waals surface area contributed by atoms with Gasteiger partial charge in [-0.1, -0.05) is 0 Å². The Kier molecular flexibility index (Phi) is 4.48. The van der Waals surface area contributed by atoms with Crippen molar-refractivity contribution in [2.45, 2.75) is 12.8 Å². The van der Waals surface area contributed by atoms with Crippen LogP contribution in [-0.4, -0.2) is 12.2 Å². The van der Waals surface area contributed by atoms with Crippen molar-refractivity contribution in [3.05, 3.63) is 6.08 Å². The summed E-state index contributed by atoms with van der Waals surface area (Å²) in [5.41, 5.74) is 0. The largest absolute Gasteiger partial charge is 0.303 e. The summed E-state index contributed by atoms with van der Waals surface area (Å²) in [7, 11) is 0. The number of hydrogen-bond donors (Lipinski definition) is 0. The van der Waals surface area contributed by atoms with E-state index in [9.17, 15) is 9.59 Å². The third-order valence-corrected chi connectivity index (χ3v) is 0.512. The molecular formula is C5H6O2. The highest BCUT2D eigenvalue weighted by molar-refractivity contribution is 5.51. The van der Waals surface area contributed by atoms with Crippen LogP contribution in [0.4, 0.5) is 0 Å². The number of carbonyl (C=O) groups is 1. The van der Waals surface area contributed by atoms with Crippen molar-refractivity contribution in [1.82, 2.24) is 0 Å². The van der Waals surface area contributed by atoms with E-state index in [2.05, 4.69) is 0 Å². The smallest absolute Gasteiger partial charge is 0.120 e. The fourth-order valence-corrected chi connectivity index (χ4v) is 0.210. The van der Waals surface area contributed by atoms with Crippen LogP contribution >= 0.6 is 0 Å². The van der Waals surface area contributed by atoms with Crippen LogP contribution in [0.15, 0.2) is 6.08 Å². The van der Waals surface area contributed by atoms with E-state index in [4.69, 9.17) is 0 Å². The third kappa shape index (κ3) is 5.12. The van der Waals surface area contributed by atoms with Crippen LogP contribution in [-0.2, 0) is 9.59 Å². The summed E-state index contributed by atoms with van der Waals surface area (Å²) < 4.78 is 0. The zero-order chi connectivity index (χ0) is 5.54. The predicted molar refractivity (Wildman–Crippen MR) is 25.6 cm³/mol. The molecule has 0 saturated carbocycles. The summed E-state index contributed by atoms with van der Waals surface area (Å²) in [5.74, 6) is 1.57. The average Bonchev–Trinajstić information content (AvgIpc) is 1.69. The maximum atomic E-state index is 9.53. The Hall–Kier alpha value is -0.880. The van der Waals surface area contributed by atoms with Crippen molar-refractivity contribution < 1.29 is 9.59 Å². The van der Waals surface area contributed by atoms with Gasteiger partial charge >= 0.3 is 0 Å². The first kappa shape index (κ1) is 6.12. The van der Waals surface area contributed by atoms with Crippen LogP contribution in [0.5, 0.6) is 0 Å². The van der Waals surface area contributed by atoms with Gasteiger partial charge < -0.3 is 4.79 Å². The first-order valence-electron chi connectivity index (χ1n) is 2.04. The minimum absolute atomic E-state index is 0.426. The monoisotopic (exact) mass is 98.0 g/mol. The lowest BCUT2D eigenvalue weighted by Gasteiger charge is -1.71. The molecule has 0 bridgehead atoms. The summed E-state index contributed by atoms with van der Waals surface area (Å²) in [4.78, 5) is 18.9. The van der Waals surface area contributed by atoms with Crippen LogP contribution in [0.1, 0.15) is 12.8 Å². The molecule has 2 heteroatoms. The Morgan fingerprint density at radius 3 is 2.57 bits per heavy atom. The maximum absolute atomic E-state index is 9.53. The van der Waals surface area contributed by atoms with Crippen molar-refractivity contribution in [3.8, 4) is 0 Å². The van der Waals surface area contributed by atoms with Crippen LogP contribution < -0.4 is 0 Å². The molecule has 0 aliphatic heterocycles. The van der Waals surface area contributed by atoms with Crippen LogP contribution in [0.25, 0.3) is 0 Å². The molecule has 2 nitrogen and oxygen atoms in total. The molecule has 0 aliphatic carbocycles. The Labute approximate surface area is 41.8 Å². The Morgan fingerprint density at radius 1 is 1.43 bits per heavy atom. The quantitative estimate of drug-likeness (QED) is 0.290. The summed E-state index contributed by atoms with van der Waals surface area (Å²) in [5, 5.41) is 0. The van der Waals surface area contributed by atoms with Gasteiger partial charge in [-0.05, 0) is 6.42 Å². The summed E-state index contributed by atoms with van der Waals surface area (Å²) in [6.45, 7) is 0. The topological polar surface area (TPSA) is 34.1 Å². The molecule has 0 unspecified atom stereocenters. The zero-order valence-electron chi connectivity index (χ0n) is 3.89. The van der Waals surface area contributed by atoms with E-state index in [0.29, 0.717) is 12.8 Å². The van der Waals surface area contributed by atoms with Gasteiger partial charge in [0.05, 0.1) is 0 Å². The van der Waals surface area contributed by atoms with E-state index in [1.54, 1.807) is 5.94 Å². The number of carbonyl (C=O) groups excluding carboxylic acids is 2. The van der Waals surface area contributed by atoms with Crippen molar-refractivity contribution in [2.75, 3.05) is 0 Å². The molecule has 0 atom stereocenters. The second-order valence-corrected chi connectivity index (χ2v) is 1.07. The van der Waals surface area contributed by atoms with Gasteiger partial charge in [-0.3, -0.25) is 0 Å². The van der Waals surface area contributed by atoms with E-state index in [1.165, 1.54) is 6.08 Å². The van der Waals surface area contributed by atoms with E-state index in [1.807, 2.05) is 0 Å². The number of unbranched alkanes of at least 4 members (excludes halogenated alkanes) is 1. The summed E-state index contributed by atoms with van der Waals surface area (Å²) in [6.07, 6.45) is 3.02. The molecule has 0 saturated heterocycles. The molecule has 0 fully saturated rings. The lowest BCUT2D eigenvalue weighted by atomic mass is 10.3. The molecule has 38 valence electrons. The predicted octanol–water partition coefficient (Wildman–Crippen LogP) is 0.353. The van der Waals surface area contributed by atoms with Gasteiger partial charge in [0.25, 0.3) is 0 Å². The van der Waals surface area contributed by atoms with Crippen molar-refractivity contribution in [2.24, 2.45) is 0 Å². The highest BCUT2D eigenvalue weighted by Gasteiger charge is 1.73. The normalized spacial score (nSPS) is 6.86. The molecule has 0 N–H and O–H groups in total. The Morgan fingerprint density at radius 2 is 2.14 bits per heavy atom. The van der Waals surface area contributed by atoms with E-state index in [-0.39, 0.29) is 0 Å². The fourth-order valence-electron chi connectivity index (χ4n) is 0.210. The van der Waals surface area contributed by atoms with Crippen LogP contribution in [0, 0.1) is 0 Å². The molecule has 0 heterocycles. The zero-order valence-corrected chi connectivity index (χ0v) is 3.89. The second kappa shape index (κ2) is 5.12. The molecule has 0 rings (SSSR count). The SMILES string of the molecule is O=C=CCCC=O. The Balaban J connectivity index is 2.97. The molecule has 0 aliphatic rings. The molecule has 0 amide bonds. The number of rotatable bonds is 3. The minimum atomic E-state index is 0.426. The van der Waals surface area contributed by atoms with Gasteiger partial charge in [-0.25, -0.2) is 4.79 Å². The highest BCUT2D eigenvalue weighted by atomic mass is 16.1. The lowest BCUT2D eigenvalue weighted by Crippen LogP contribution is -1.68. The summed E-state index contributed by atoms with van der Waals surface area (Å²) >= 11 is 0. The van der Waals surface area contributed by atoms with Gasteiger partial charge in [0.1, 0.15) is 12.2 Å². The molecule has 0 aromatic heterocycles. The molecule has 7 heavy (non-hydrogen) atoms. The molecule has 0 aromatic rings. The van der Waals surface area contributed by atoms with Gasteiger partial charge in [-0.15, -0.1) is 0 Å². The second-order valence-electron chi connectivity index (χ2n) is 1.07. The molecule has 0 spiro atoms. The van der Waals surface area contributed by atoms with Crippen LogP contribution in [0.2, 0.25) is 0 Å². The third-order valence-electron chi connectivity index (χ3n) is 0.512. The fraction of sp³-hybridized carbons (Fsp3) is 0.400. The molecule has 0 aromatic carbocycles. The molecule has 0 radical (unpaired) electrons. The highest BCUT2D eigenvalue weighted by Crippen LogP contribution is 1.79. The number of hydrogen-bond acceptors (Lipinski definition) is 2. The van der Waals surface area contributed by atoms with Gasteiger partial charge in [0.15, 0.2) is 0 Å². The molecular weight excluding hydrogens is 92.1 g/mol.